The summed E-state index contributed by atoms with van der Waals surface area (Å²) in [5.74, 6) is -0.726. The first-order chi connectivity index (χ1) is 6.77. The summed E-state index contributed by atoms with van der Waals surface area (Å²) in [4.78, 5) is 12.8. The Kier molecular flexibility index (Phi) is 5.83. The second-order valence-corrected chi connectivity index (χ2v) is 4.64. The first-order valence-electron chi connectivity index (χ1n) is 5.46. The highest BCUT2D eigenvalue weighted by molar-refractivity contribution is 5.69. The van der Waals surface area contributed by atoms with Crippen molar-refractivity contribution in [3.8, 4) is 0 Å². The normalized spacial score (nSPS) is 19.7. The third-order valence-electron chi connectivity index (χ3n) is 3.27. The molecule has 0 heterocycles. The van der Waals surface area contributed by atoms with E-state index in [0.717, 1.165) is 0 Å². The van der Waals surface area contributed by atoms with Crippen LogP contribution in [0.5, 0.6) is 0 Å². The topological polar surface area (TPSA) is 66.6 Å². The van der Waals surface area contributed by atoms with E-state index in [2.05, 4.69) is 18.7 Å². The highest BCUT2D eigenvalue weighted by Crippen LogP contribution is 2.13. The van der Waals surface area contributed by atoms with E-state index in [9.17, 15) is 4.79 Å². The van der Waals surface area contributed by atoms with Crippen molar-refractivity contribution < 1.29 is 9.90 Å². The summed E-state index contributed by atoms with van der Waals surface area (Å²) in [5, 5.41) is 8.81. The Balaban J connectivity index is 4.20. The molecule has 4 nitrogen and oxygen atoms in total. The number of carbonyl (C=O) groups is 1. The van der Waals surface area contributed by atoms with E-state index >= 15 is 0 Å². The van der Waals surface area contributed by atoms with Gasteiger partial charge in [0.15, 0.2) is 0 Å². The maximum Gasteiger partial charge on any atom is 0.307 e. The van der Waals surface area contributed by atoms with Gasteiger partial charge in [0.25, 0.3) is 0 Å². The minimum absolute atomic E-state index is 0.127. The lowest BCUT2D eigenvalue weighted by molar-refractivity contribution is -0.141. The van der Waals surface area contributed by atoms with E-state index in [1.807, 2.05) is 14.0 Å². The molecule has 0 aromatic carbocycles. The molecule has 0 saturated heterocycles. The number of rotatable bonds is 6. The van der Waals surface area contributed by atoms with Crippen LogP contribution in [0.3, 0.4) is 0 Å². The molecule has 0 aromatic heterocycles. The van der Waals surface area contributed by atoms with Crippen molar-refractivity contribution in [1.29, 1.82) is 0 Å². The van der Waals surface area contributed by atoms with Crippen molar-refractivity contribution in [2.24, 2.45) is 17.6 Å². The monoisotopic (exact) mass is 216 g/mol. The SMILES string of the molecule is CC(CN(C)[C@@H](C)[C@H](C)[C@H](C)N)C(=O)O. The predicted molar refractivity (Wildman–Crippen MR) is 61.7 cm³/mol. The number of aliphatic carboxylic acids is 1. The molecule has 0 aliphatic carbocycles. The first-order valence-corrected chi connectivity index (χ1v) is 5.46. The van der Waals surface area contributed by atoms with Crippen molar-refractivity contribution in [3.63, 3.8) is 0 Å². The molecule has 0 amide bonds. The fourth-order valence-corrected chi connectivity index (χ4v) is 1.52. The lowest BCUT2D eigenvalue weighted by Gasteiger charge is -2.32. The first kappa shape index (κ1) is 14.4. The summed E-state index contributed by atoms with van der Waals surface area (Å²) in [6, 6.07) is 0.425. The zero-order valence-corrected chi connectivity index (χ0v) is 10.4. The average molecular weight is 216 g/mol. The summed E-state index contributed by atoms with van der Waals surface area (Å²) >= 11 is 0. The van der Waals surface area contributed by atoms with Gasteiger partial charge in [0.05, 0.1) is 5.92 Å². The Morgan fingerprint density at radius 1 is 1.33 bits per heavy atom. The number of carboxylic acid groups (broad SMARTS) is 1. The summed E-state index contributed by atoms with van der Waals surface area (Å²) in [7, 11) is 1.95. The molecule has 1 unspecified atom stereocenters. The van der Waals surface area contributed by atoms with Crippen molar-refractivity contribution in [2.75, 3.05) is 13.6 Å². The molecule has 0 saturated carbocycles. The molecule has 0 aromatic rings. The van der Waals surface area contributed by atoms with Crippen molar-refractivity contribution in [3.05, 3.63) is 0 Å². The van der Waals surface area contributed by atoms with Gasteiger partial charge < -0.3 is 15.7 Å². The van der Waals surface area contributed by atoms with Crippen LogP contribution in [0.1, 0.15) is 27.7 Å². The number of carboxylic acids is 1. The summed E-state index contributed by atoms with van der Waals surface area (Å²) < 4.78 is 0. The Hall–Kier alpha value is -0.610. The van der Waals surface area contributed by atoms with Gasteiger partial charge in [-0.25, -0.2) is 0 Å². The number of hydrogen-bond donors (Lipinski definition) is 2. The molecule has 4 heteroatoms. The molecule has 0 bridgehead atoms. The Labute approximate surface area is 92.4 Å². The van der Waals surface area contributed by atoms with Crippen LogP contribution in [-0.2, 0) is 4.79 Å². The van der Waals surface area contributed by atoms with E-state index in [1.54, 1.807) is 6.92 Å². The molecule has 0 aliphatic heterocycles. The molecule has 4 atom stereocenters. The maximum absolute atomic E-state index is 10.7. The van der Waals surface area contributed by atoms with E-state index in [0.29, 0.717) is 18.5 Å². The highest BCUT2D eigenvalue weighted by atomic mass is 16.4. The lowest BCUT2D eigenvalue weighted by Crippen LogP contribution is -2.44. The minimum atomic E-state index is -0.748. The van der Waals surface area contributed by atoms with Crippen molar-refractivity contribution >= 4 is 5.97 Å². The van der Waals surface area contributed by atoms with Crippen molar-refractivity contribution in [1.82, 2.24) is 4.90 Å². The van der Waals surface area contributed by atoms with E-state index in [4.69, 9.17) is 10.8 Å². The molecule has 0 aliphatic rings. The van der Waals surface area contributed by atoms with Crippen LogP contribution in [0.4, 0.5) is 0 Å². The van der Waals surface area contributed by atoms with Crippen LogP contribution in [0.2, 0.25) is 0 Å². The van der Waals surface area contributed by atoms with E-state index in [-0.39, 0.29) is 12.0 Å². The zero-order chi connectivity index (χ0) is 12.2. The van der Waals surface area contributed by atoms with Crippen LogP contribution < -0.4 is 5.73 Å². The molecule has 0 spiro atoms. The Bertz CT molecular complexity index is 207. The number of nitrogens with two attached hydrogens (primary N) is 1. The Morgan fingerprint density at radius 3 is 2.13 bits per heavy atom. The standard InChI is InChI=1S/C11H24N2O2/c1-7(11(14)15)6-13(5)10(4)8(2)9(3)12/h7-10H,6,12H2,1-5H3,(H,14,15)/t7?,8-,9+,10+/m1/s1. The third kappa shape index (κ3) is 4.62. The lowest BCUT2D eigenvalue weighted by atomic mass is 9.95. The van der Waals surface area contributed by atoms with E-state index < -0.39 is 5.97 Å². The molecular formula is C11H24N2O2. The summed E-state index contributed by atoms with van der Waals surface area (Å²) in [5.41, 5.74) is 5.82. The smallest absolute Gasteiger partial charge is 0.307 e. The van der Waals surface area contributed by atoms with Gasteiger partial charge in [-0.1, -0.05) is 13.8 Å². The predicted octanol–water partition coefficient (Wildman–Crippen LogP) is 1.01. The second kappa shape index (κ2) is 6.08. The highest BCUT2D eigenvalue weighted by Gasteiger charge is 2.23. The van der Waals surface area contributed by atoms with E-state index in [1.165, 1.54) is 0 Å². The molecule has 0 rings (SSSR count). The van der Waals surface area contributed by atoms with Crippen LogP contribution in [0, 0.1) is 11.8 Å². The average Bonchev–Trinajstić information content (AvgIpc) is 2.14. The summed E-state index contributed by atoms with van der Waals surface area (Å²) in [6.45, 7) is 8.45. The molecule has 90 valence electrons. The van der Waals surface area contributed by atoms with Gasteiger partial charge in [0, 0.05) is 18.6 Å². The van der Waals surface area contributed by atoms with Gasteiger partial charge in [0.1, 0.15) is 0 Å². The molecule has 0 radical (unpaired) electrons. The number of nitrogens with zero attached hydrogens (tertiary/aromatic N) is 1. The molecule has 15 heavy (non-hydrogen) atoms. The maximum atomic E-state index is 10.7. The molecular weight excluding hydrogens is 192 g/mol. The summed E-state index contributed by atoms with van der Waals surface area (Å²) in [6.07, 6.45) is 0. The third-order valence-corrected chi connectivity index (χ3v) is 3.27. The molecule has 0 fully saturated rings. The number of hydrogen-bond acceptors (Lipinski definition) is 3. The molecule has 3 N–H and O–H groups in total. The van der Waals surface area contributed by atoms with Crippen LogP contribution in [-0.4, -0.2) is 41.7 Å². The fourth-order valence-electron chi connectivity index (χ4n) is 1.52. The second-order valence-electron chi connectivity index (χ2n) is 4.64. The fraction of sp³-hybridized carbons (Fsp3) is 0.909. The van der Waals surface area contributed by atoms with Gasteiger partial charge in [-0.15, -0.1) is 0 Å². The van der Waals surface area contributed by atoms with Crippen LogP contribution in [0.15, 0.2) is 0 Å². The van der Waals surface area contributed by atoms with Gasteiger partial charge in [-0.05, 0) is 26.8 Å². The van der Waals surface area contributed by atoms with Crippen molar-refractivity contribution in [2.45, 2.75) is 39.8 Å². The zero-order valence-electron chi connectivity index (χ0n) is 10.4. The van der Waals surface area contributed by atoms with Gasteiger partial charge >= 0.3 is 5.97 Å². The Morgan fingerprint density at radius 2 is 1.80 bits per heavy atom. The van der Waals surface area contributed by atoms with Gasteiger partial charge in [-0.3, -0.25) is 4.79 Å². The van der Waals surface area contributed by atoms with Gasteiger partial charge in [0.2, 0.25) is 0 Å². The minimum Gasteiger partial charge on any atom is -0.481 e. The van der Waals surface area contributed by atoms with Gasteiger partial charge in [-0.2, -0.15) is 0 Å². The van der Waals surface area contributed by atoms with Crippen LogP contribution in [0.25, 0.3) is 0 Å². The largest absolute Gasteiger partial charge is 0.481 e. The quantitative estimate of drug-likeness (QED) is 0.695. The van der Waals surface area contributed by atoms with Crippen LogP contribution >= 0.6 is 0 Å².